The van der Waals surface area contributed by atoms with Gasteiger partial charge in [-0.3, -0.25) is 4.79 Å². The Bertz CT molecular complexity index is 1030. The molecule has 4 nitrogen and oxygen atoms in total. The van der Waals surface area contributed by atoms with Gasteiger partial charge in [0.2, 0.25) is 0 Å². The topological polar surface area (TPSA) is 66.8 Å². The van der Waals surface area contributed by atoms with Crippen LogP contribution in [0, 0.1) is 0 Å². The van der Waals surface area contributed by atoms with Crippen LogP contribution in [0.4, 0.5) is 0 Å². The molecule has 2 aromatic carbocycles. The molecule has 0 heterocycles. The van der Waals surface area contributed by atoms with E-state index in [4.69, 9.17) is 4.74 Å². The third-order valence-corrected chi connectivity index (χ3v) is 6.52. The highest BCUT2D eigenvalue weighted by Gasteiger charge is 2.31. The second kappa shape index (κ2) is 9.19. The van der Waals surface area contributed by atoms with Crippen LogP contribution in [-0.2, 0) is 26.5 Å². The lowest BCUT2D eigenvalue weighted by atomic mass is 9.77. The van der Waals surface area contributed by atoms with E-state index in [0.29, 0.717) is 5.75 Å². The van der Waals surface area contributed by atoms with Crippen molar-refractivity contribution in [2.75, 3.05) is 0 Å². The largest absolute Gasteiger partial charge is 0.507 e. The van der Waals surface area contributed by atoms with Gasteiger partial charge >= 0.3 is 5.97 Å². The number of rotatable bonds is 3. The fourth-order valence-corrected chi connectivity index (χ4v) is 4.20. The minimum absolute atomic E-state index is 0.251. The minimum Gasteiger partial charge on any atom is -0.507 e. The molecule has 35 heavy (non-hydrogen) atoms. The van der Waals surface area contributed by atoms with Crippen molar-refractivity contribution < 1.29 is 19.7 Å². The quantitative estimate of drug-likeness (QED) is 0.343. The first-order valence-corrected chi connectivity index (χ1v) is 12.5. The van der Waals surface area contributed by atoms with E-state index in [-0.39, 0.29) is 39.1 Å². The van der Waals surface area contributed by atoms with Crippen LogP contribution in [0.3, 0.4) is 0 Å². The molecule has 4 heteroatoms. The summed E-state index contributed by atoms with van der Waals surface area (Å²) in [6, 6.07) is 7.39. The third-order valence-electron chi connectivity index (χ3n) is 6.52. The molecule has 0 bridgehead atoms. The van der Waals surface area contributed by atoms with Crippen LogP contribution in [0.5, 0.6) is 17.2 Å². The van der Waals surface area contributed by atoms with Gasteiger partial charge in [-0.2, -0.15) is 0 Å². The maximum atomic E-state index is 13.4. The van der Waals surface area contributed by atoms with E-state index in [0.717, 1.165) is 27.8 Å². The highest BCUT2D eigenvalue weighted by Crippen LogP contribution is 2.43. The Kier molecular flexibility index (Phi) is 7.54. The third kappa shape index (κ3) is 6.39. The first-order chi connectivity index (χ1) is 15.5. The highest BCUT2D eigenvalue weighted by atomic mass is 16.5. The van der Waals surface area contributed by atoms with Gasteiger partial charge in [-0.25, -0.2) is 0 Å². The monoisotopic (exact) mass is 482 g/mol. The van der Waals surface area contributed by atoms with Crippen molar-refractivity contribution in [1.29, 1.82) is 0 Å². The fourth-order valence-electron chi connectivity index (χ4n) is 4.20. The number of hydrogen-bond donors (Lipinski definition) is 2. The summed E-state index contributed by atoms with van der Waals surface area (Å²) < 4.78 is 5.93. The van der Waals surface area contributed by atoms with Crippen molar-refractivity contribution in [2.24, 2.45) is 0 Å². The summed E-state index contributed by atoms with van der Waals surface area (Å²) in [4.78, 5) is 13.4. The Morgan fingerprint density at radius 3 is 1.20 bits per heavy atom. The molecule has 0 aromatic heterocycles. The summed E-state index contributed by atoms with van der Waals surface area (Å²) in [5.74, 6) is 0.0578. The fraction of sp³-hybridized carbons (Fsp3) is 0.581. The normalized spacial score (nSPS) is 14.1. The van der Waals surface area contributed by atoms with Gasteiger partial charge in [0.25, 0.3) is 0 Å². The first kappa shape index (κ1) is 28.7. The Morgan fingerprint density at radius 1 is 0.629 bits per heavy atom. The summed E-state index contributed by atoms with van der Waals surface area (Å²) >= 11 is 0. The molecule has 0 aliphatic heterocycles. The van der Waals surface area contributed by atoms with Crippen LogP contribution >= 0.6 is 0 Å². The molecule has 1 atom stereocenters. The lowest BCUT2D eigenvalue weighted by Gasteiger charge is -2.29. The summed E-state index contributed by atoms with van der Waals surface area (Å²) in [6.07, 6.45) is 0. The lowest BCUT2D eigenvalue weighted by molar-refractivity contribution is -0.135. The molecule has 1 unspecified atom stereocenters. The Morgan fingerprint density at radius 2 is 0.914 bits per heavy atom. The number of phenolic OH excluding ortho intramolecular Hbond substituents is 2. The van der Waals surface area contributed by atoms with E-state index in [1.54, 1.807) is 12.1 Å². The van der Waals surface area contributed by atoms with Gasteiger partial charge in [0, 0.05) is 11.1 Å². The second-order valence-corrected chi connectivity index (χ2v) is 14.0. The summed E-state index contributed by atoms with van der Waals surface area (Å²) in [6.45, 7) is 26.3. The summed E-state index contributed by atoms with van der Waals surface area (Å²) in [7, 11) is 0. The molecule has 2 aromatic rings. The first-order valence-electron chi connectivity index (χ1n) is 12.5. The molecule has 0 amide bonds. The Hall–Kier alpha value is -2.49. The van der Waals surface area contributed by atoms with Gasteiger partial charge < -0.3 is 14.9 Å². The van der Waals surface area contributed by atoms with Gasteiger partial charge in [-0.05, 0) is 57.4 Å². The second-order valence-electron chi connectivity index (χ2n) is 14.0. The SMILES string of the molecule is CC(C(=O)Oc1cc(C(C)(C)C)c(O)c(C(C)(C)C)c1)c1cc(C(C)(C)C)c(O)c(C(C)(C)C)c1. The van der Waals surface area contributed by atoms with Crippen molar-refractivity contribution in [3.8, 4) is 17.2 Å². The number of benzene rings is 2. The van der Waals surface area contributed by atoms with Crippen LogP contribution in [0.25, 0.3) is 0 Å². The van der Waals surface area contributed by atoms with Crippen molar-refractivity contribution in [3.63, 3.8) is 0 Å². The lowest BCUT2D eigenvalue weighted by Crippen LogP contribution is -2.22. The molecule has 0 aliphatic rings. The van der Waals surface area contributed by atoms with E-state index in [9.17, 15) is 15.0 Å². The van der Waals surface area contributed by atoms with Crippen molar-refractivity contribution in [1.82, 2.24) is 0 Å². The molecular formula is C31H46O4. The van der Waals surface area contributed by atoms with Crippen LogP contribution in [-0.4, -0.2) is 16.2 Å². The molecule has 0 saturated carbocycles. The molecule has 0 aliphatic carbocycles. The van der Waals surface area contributed by atoms with Gasteiger partial charge in [0.15, 0.2) is 0 Å². The number of ether oxygens (including phenoxy) is 1. The number of aromatic hydroxyl groups is 2. The van der Waals surface area contributed by atoms with E-state index in [1.165, 1.54) is 0 Å². The van der Waals surface area contributed by atoms with Crippen LogP contribution in [0.1, 0.15) is 124 Å². The molecule has 2 N–H and O–H groups in total. The van der Waals surface area contributed by atoms with E-state index in [1.807, 2.05) is 60.6 Å². The zero-order chi connectivity index (χ0) is 27.3. The molecule has 0 radical (unpaired) electrons. The van der Waals surface area contributed by atoms with Crippen LogP contribution < -0.4 is 4.74 Å². The number of carbonyl (C=O) groups is 1. The molecular weight excluding hydrogens is 436 g/mol. The number of esters is 1. The standard InChI is InChI=1S/C31H46O4/c1-18(19-14-21(28(2,3)4)25(32)22(15-19)29(5,6)7)27(34)35-20-16-23(30(8,9)10)26(33)24(17-20)31(11,12)13/h14-18,32-33H,1-13H3. The average molecular weight is 483 g/mol. The van der Waals surface area contributed by atoms with Gasteiger partial charge in [-0.1, -0.05) is 95.2 Å². The number of phenols is 2. The zero-order valence-corrected chi connectivity index (χ0v) is 24.1. The predicted octanol–water partition coefficient (Wildman–Crippen LogP) is 8.00. The molecule has 2 rings (SSSR count). The predicted molar refractivity (Wildman–Crippen MR) is 145 cm³/mol. The maximum absolute atomic E-state index is 13.4. The van der Waals surface area contributed by atoms with E-state index in [2.05, 4.69) is 41.5 Å². The van der Waals surface area contributed by atoms with Crippen molar-refractivity contribution >= 4 is 5.97 Å². The van der Waals surface area contributed by atoms with E-state index < -0.39 is 5.92 Å². The smallest absolute Gasteiger partial charge is 0.318 e. The summed E-state index contributed by atoms with van der Waals surface area (Å²) in [5.41, 5.74) is 2.71. The Labute approximate surface area is 212 Å². The minimum atomic E-state index is -0.539. The Balaban J connectivity index is 2.58. The van der Waals surface area contributed by atoms with Crippen LogP contribution in [0.2, 0.25) is 0 Å². The number of hydrogen-bond acceptors (Lipinski definition) is 4. The van der Waals surface area contributed by atoms with Gasteiger partial charge in [-0.15, -0.1) is 0 Å². The maximum Gasteiger partial charge on any atom is 0.318 e. The van der Waals surface area contributed by atoms with Crippen LogP contribution in [0.15, 0.2) is 24.3 Å². The highest BCUT2D eigenvalue weighted by molar-refractivity contribution is 5.80. The molecule has 0 spiro atoms. The van der Waals surface area contributed by atoms with Gasteiger partial charge in [0.05, 0.1) is 5.92 Å². The van der Waals surface area contributed by atoms with Gasteiger partial charge in [0.1, 0.15) is 17.2 Å². The molecule has 194 valence electrons. The average Bonchev–Trinajstić information content (AvgIpc) is 2.65. The van der Waals surface area contributed by atoms with E-state index >= 15 is 0 Å². The molecule has 0 fully saturated rings. The summed E-state index contributed by atoms with van der Waals surface area (Å²) in [5, 5.41) is 22.0. The van der Waals surface area contributed by atoms with Crippen molar-refractivity contribution in [3.05, 3.63) is 52.1 Å². The number of carbonyl (C=O) groups excluding carboxylic acids is 1. The van der Waals surface area contributed by atoms with Crippen molar-refractivity contribution in [2.45, 2.75) is 118 Å². The zero-order valence-electron chi connectivity index (χ0n) is 24.1. The molecule has 0 saturated heterocycles.